The first kappa shape index (κ1) is 17.0. The SMILES string of the molecule is O=C1C[C@H]2CCN(C(=O)c3ccccc3)[C@H](Cc3c[nH]c4ccccc34)[C@@H]2O1. The highest BCUT2D eigenvalue weighted by Crippen LogP contribution is 2.37. The fourth-order valence-corrected chi connectivity index (χ4v) is 4.68. The largest absolute Gasteiger partial charge is 0.460 e. The molecule has 142 valence electrons. The van der Waals surface area contributed by atoms with Gasteiger partial charge in [-0.05, 0) is 36.6 Å². The number of hydrogen-bond donors (Lipinski definition) is 1. The van der Waals surface area contributed by atoms with Crippen LogP contribution in [0.2, 0.25) is 0 Å². The summed E-state index contributed by atoms with van der Waals surface area (Å²) in [5.74, 6) is 0.0577. The Kier molecular flexibility index (Phi) is 4.15. The number of aromatic amines is 1. The average molecular weight is 374 g/mol. The molecule has 0 bridgehead atoms. The number of H-pyrrole nitrogens is 1. The highest BCUT2D eigenvalue weighted by molar-refractivity contribution is 5.94. The van der Waals surface area contributed by atoms with E-state index in [1.807, 2.05) is 59.6 Å². The second kappa shape index (κ2) is 6.82. The van der Waals surface area contributed by atoms with Gasteiger partial charge in [0.2, 0.25) is 0 Å². The van der Waals surface area contributed by atoms with Crippen molar-refractivity contribution in [2.75, 3.05) is 6.54 Å². The fraction of sp³-hybridized carbons (Fsp3) is 0.304. The van der Waals surface area contributed by atoms with Crippen molar-refractivity contribution in [1.82, 2.24) is 9.88 Å². The number of aromatic nitrogens is 1. The van der Waals surface area contributed by atoms with E-state index in [-0.39, 0.29) is 29.9 Å². The summed E-state index contributed by atoms with van der Waals surface area (Å²) in [6.45, 7) is 0.651. The molecule has 0 saturated carbocycles. The predicted molar refractivity (Wildman–Crippen MR) is 106 cm³/mol. The maximum Gasteiger partial charge on any atom is 0.306 e. The molecule has 0 spiro atoms. The number of piperidine rings is 1. The lowest BCUT2D eigenvalue weighted by Gasteiger charge is -2.41. The summed E-state index contributed by atoms with van der Waals surface area (Å²) >= 11 is 0. The molecule has 2 aliphatic rings. The van der Waals surface area contributed by atoms with Crippen molar-refractivity contribution >= 4 is 22.8 Å². The lowest BCUT2D eigenvalue weighted by Crippen LogP contribution is -2.54. The molecule has 2 aliphatic heterocycles. The van der Waals surface area contributed by atoms with Gasteiger partial charge in [0.25, 0.3) is 5.91 Å². The number of carbonyl (C=O) groups is 2. The first-order valence-corrected chi connectivity index (χ1v) is 9.81. The van der Waals surface area contributed by atoms with Crippen LogP contribution in [-0.4, -0.2) is 40.5 Å². The molecule has 1 aromatic heterocycles. The number of benzene rings is 2. The van der Waals surface area contributed by atoms with Gasteiger partial charge in [0, 0.05) is 35.1 Å². The molecule has 2 fully saturated rings. The minimum Gasteiger partial charge on any atom is -0.460 e. The maximum absolute atomic E-state index is 13.2. The quantitative estimate of drug-likeness (QED) is 0.713. The fourth-order valence-electron chi connectivity index (χ4n) is 4.68. The Bertz CT molecular complexity index is 1030. The summed E-state index contributed by atoms with van der Waals surface area (Å²) in [5, 5.41) is 1.15. The average Bonchev–Trinajstić information content (AvgIpc) is 3.31. The van der Waals surface area contributed by atoms with Crippen molar-refractivity contribution < 1.29 is 14.3 Å². The van der Waals surface area contributed by atoms with Gasteiger partial charge < -0.3 is 14.6 Å². The third-order valence-corrected chi connectivity index (χ3v) is 6.07. The van der Waals surface area contributed by atoms with Crippen molar-refractivity contribution in [3.05, 3.63) is 71.9 Å². The van der Waals surface area contributed by atoms with E-state index in [1.165, 1.54) is 0 Å². The molecule has 1 amide bonds. The van der Waals surface area contributed by atoms with Gasteiger partial charge in [-0.3, -0.25) is 9.59 Å². The molecule has 5 rings (SSSR count). The first-order valence-electron chi connectivity index (χ1n) is 9.81. The van der Waals surface area contributed by atoms with E-state index in [4.69, 9.17) is 4.74 Å². The van der Waals surface area contributed by atoms with Crippen molar-refractivity contribution in [2.45, 2.75) is 31.4 Å². The second-order valence-electron chi connectivity index (χ2n) is 7.70. The van der Waals surface area contributed by atoms with Crippen LogP contribution < -0.4 is 0 Å². The van der Waals surface area contributed by atoms with Gasteiger partial charge in [-0.2, -0.15) is 0 Å². The molecule has 3 heterocycles. The van der Waals surface area contributed by atoms with Gasteiger partial charge in [0.1, 0.15) is 6.10 Å². The molecule has 2 saturated heterocycles. The van der Waals surface area contributed by atoms with Crippen LogP contribution in [0, 0.1) is 5.92 Å². The molecule has 3 atom stereocenters. The normalized spacial score (nSPS) is 24.2. The van der Waals surface area contributed by atoms with Gasteiger partial charge in [-0.25, -0.2) is 0 Å². The lowest BCUT2D eigenvalue weighted by atomic mass is 9.84. The Hall–Kier alpha value is -3.08. The van der Waals surface area contributed by atoms with E-state index in [0.717, 1.165) is 22.9 Å². The zero-order chi connectivity index (χ0) is 19.1. The van der Waals surface area contributed by atoms with Crippen LogP contribution in [0.15, 0.2) is 60.8 Å². The molecular formula is C23H22N2O3. The van der Waals surface area contributed by atoms with Crippen LogP contribution in [0.1, 0.15) is 28.8 Å². The number of fused-ring (bicyclic) bond motifs is 2. The topological polar surface area (TPSA) is 62.4 Å². The molecule has 5 nitrogen and oxygen atoms in total. The van der Waals surface area contributed by atoms with Crippen molar-refractivity contribution in [3.63, 3.8) is 0 Å². The van der Waals surface area contributed by atoms with Crippen molar-refractivity contribution in [1.29, 1.82) is 0 Å². The summed E-state index contributed by atoms with van der Waals surface area (Å²) in [6.07, 6.45) is 3.71. The summed E-state index contributed by atoms with van der Waals surface area (Å²) < 4.78 is 5.71. The number of ether oxygens (including phenoxy) is 1. The highest BCUT2D eigenvalue weighted by atomic mass is 16.6. The molecule has 28 heavy (non-hydrogen) atoms. The maximum atomic E-state index is 13.2. The number of nitrogens with zero attached hydrogens (tertiary/aromatic N) is 1. The van der Waals surface area contributed by atoms with Crippen molar-refractivity contribution in [3.8, 4) is 0 Å². The monoisotopic (exact) mass is 374 g/mol. The summed E-state index contributed by atoms with van der Waals surface area (Å²) in [6, 6.07) is 17.4. The molecule has 0 unspecified atom stereocenters. The van der Waals surface area contributed by atoms with Crippen LogP contribution >= 0.6 is 0 Å². The van der Waals surface area contributed by atoms with Crippen LogP contribution in [0.25, 0.3) is 10.9 Å². The molecule has 2 aromatic carbocycles. The zero-order valence-corrected chi connectivity index (χ0v) is 15.5. The number of carbonyl (C=O) groups excluding carboxylic acids is 2. The number of nitrogens with one attached hydrogen (secondary N) is 1. The van der Waals surface area contributed by atoms with Gasteiger partial charge in [-0.15, -0.1) is 0 Å². The Morgan fingerprint density at radius 1 is 1.11 bits per heavy atom. The number of para-hydroxylation sites is 1. The third-order valence-electron chi connectivity index (χ3n) is 6.07. The van der Waals surface area contributed by atoms with E-state index >= 15 is 0 Å². The zero-order valence-electron chi connectivity index (χ0n) is 15.5. The minimum atomic E-state index is -0.234. The molecular weight excluding hydrogens is 352 g/mol. The number of esters is 1. The molecule has 0 radical (unpaired) electrons. The standard InChI is InChI=1S/C23H22N2O3/c26-21-13-16-10-11-25(23(27)15-6-2-1-3-7-15)20(22(16)28-21)12-17-14-24-19-9-5-4-8-18(17)19/h1-9,14,16,20,22,24H,10-13H2/t16-,20-,22-/m1/s1. The van der Waals surface area contributed by atoms with Crippen LogP contribution in [0.4, 0.5) is 0 Å². The smallest absolute Gasteiger partial charge is 0.306 e. The summed E-state index contributed by atoms with van der Waals surface area (Å²) in [4.78, 5) is 30.5. The molecule has 3 aromatic rings. The number of rotatable bonds is 3. The number of hydrogen-bond acceptors (Lipinski definition) is 3. The Labute approximate surface area is 163 Å². The van der Waals surface area contributed by atoms with Gasteiger partial charge in [0.05, 0.1) is 12.5 Å². The number of amides is 1. The summed E-state index contributed by atoms with van der Waals surface area (Å²) in [7, 11) is 0. The van der Waals surface area contributed by atoms with Crippen LogP contribution in [-0.2, 0) is 16.0 Å². The molecule has 0 aliphatic carbocycles. The van der Waals surface area contributed by atoms with E-state index in [0.29, 0.717) is 24.9 Å². The molecule has 5 heteroatoms. The summed E-state index contributed by atoms with van der Waals surface area (Å²) in [5.41, 5.74) is 2.90. The Balaban J connectivity index is 1.51. The van der Waals surface area contributed by atoms with E-state index in [2.05, 4.69) is 11.1 Å². The lowest BCUT2D eigenvalue weighted by molar-refractivity contribution is -0.144. The minimum absolute atomic E-state index is 0.00633. The van der Waals surface area contributed by atoms with E-state index in [9.17, 15) is 9.59 Å². The van der Waals surface area contributed by atoms with E-state index < -0.39 is 0 Å². The van der Waals surface area contributed by atoms with Gasteiger partial charge in [0.15, 0.2) is 0 Å². The van der Waals surface area contributed by atoms with Gasteiger partial charge in [-0.1, -0.05) is 36.4 Å². The Morgan fingerprint density at radius 3 is 2.75 bits per heavy atom. The first-order chi connectivity index (χ1) is 13.7. The van der Waals surface area contributed by atoms with Crippen molar-refractivity contribution in [2.24, 2.45) is 5.92 Å². The van der Waals surface area contributed by atoms with Crippen LogP contribution in [0.5, 0.6) is 0 Å². The van der Waals surface area contributed by atoms with Gasteiger partial charge >= 0.3 is 5.97 Å². The predicted octanol–water partition coefficient (Wildman–Crippen LogP) is 3.56. The highest BCUT2D eigenvalue weighted by Gasteiger charge is 2.47. The third kappa shape index (κ3) is 2.87. The molecule has 1 N–H and O–H groups in total. The number of likely N-dealkylation sites (tertiary alicyclic amines) is 1. The van der Waals surface area contributed by atoms with Crippen LogP contribution in [0.3, 0.4) is 0 Å². The Morgan fingerprint density at radius 2 is 1.89 bits per heavy atom. The second-order valence-corrected chi connectivity index (χ2v) is 7.70. The van der Waals surface area contributed by atoms with E-state index in [1.54, 1.807) is 0 Å².